The fraction of sp³-hybridized carbons (Fsp3) is 0.167. The second kappa shape index (κ2) is 6.25. The Balaban J connectivity index is 2.40. The second-order valence-electron chi connectivity index (χ2n) is 2.92. The van der Waals surface area contributed by atoms with Gasteiger partial charge < -0.3 is 9.94 Å². The number of aliphatic carboxylic acids is 1. The van der Waals surface area contributed by atoms with Crippen molar-refractivity contribution >= 4 is 11.7 Å². The second-order valence-corrected chi connectivity index (χ2v) is 2.92. The Morgan fingerprint density at radius 3 is 2.75 bits per heavy atom. The number of hydrogen-bond donors (Lipinski definition) is 1. The smallest absolute Gasteiger partial charge is 0.353 e. The average molecular weight is 217 g/mol. The SMILES string of the molecule is C/C(=N/OCC#Cc1ccccc1)C(=O)O. The van der Waals surface area contributed by atoms with Gasteiger partial charge in [0.15, 0.2) is 12.3 Å². The number of carboxylic acids is 1. The van der Waals surface area contributed by atoms with Crippen LogP contribution in [0, 0.1) is 11.8 Å². The third-order valence-electron chi connectivity index (χ3n) is 1.65. The molecule has 4 nitrogen and oxygen atoms in total. The highest BCUT2D eigenvalue weighted by atomic mass is 16.6. The first-order chi connectivity index (χ1) is 7.70. The molecule has 0 aliphatic rings. The van der Waals surface area contributed by atoms with E-state index in [1.165, 1.54) is 6.92 Å². The molecular weight excluding hydrogens is 206 g/mol. The molecule has 1 N–H and O–H groups in total. The van der Waals surface area contributed by atoms with E-state index in [0.29, 0.717) is 0 Å². The highest BCUT2D eigenvalue weighted by Crippen LogP contribution is 1.94. The molecule has 0 fully saturated rings. The largest absolute Gasteiger partial charge is 0.477 e. The van der Waals surface area contributed by atoms with Gasteiger partial charge in [-0.2, -0.15) is 0 Å². The molecular formula is C12H11NO3. The summed E-state index contributed by atoms with van der Waals surface area (Å²) in [4.78, 5) is 15.0. The lowest BCUT2D eigenvalue weighted by Crippen LogP contribution is -2.08. The molecule has 0 atom stereocenters. The molecule has 0 aliphatic carbocycles. The van der Waals surface area contributed by atoms with Gasteiger partial charge in [-0.25, -0.2) is 4.79 Å². The predicted molar refractivity (Wildman–Crippen MR) is 60.0 cm³/mol. The molecule has 0 unspecified atom stereocenters. The van der Waals surface area contributed by atoms with Crippen LogP contribution in [0.3, 0.4) is 0 Å². The summed E-state index contributed by atoms with van der Waals surface area (Å²) >= 11 is 0. The van der Waals surface area contributed by atoms with Crippen molar-refractivity contribution in [1.82, 2.24) is 0 Å². The van der Waals surface area contributed by atoms with Crippen LogP contribution in [0.4, 0.5) is 0 Å². The van der Waals surface area contributed by atoms with E-state index < -0.39 is 5.97 Å². The maximum absolute atomic E-state index is 10.3. The standard InChI is InChI=1S/C12H11NO3/c1-10(12(14)15)13-16-9-5-8-11-6-3-2-4-7-11/h2-4,6-7H,9H2,1H3,(H,14,15)/b13-10-. The highest BCUT2D eigenvalue weighted by Gasteiger charge is 2.00. The lowest BCUT2D eigenvalue weighted by atomic mass is 10.2. The van der Waals surface area contributed by atoms with Gasteiger partial charge in [0.05, 0.1) is 0 Å². The van der Waals surface area contributed by atoms with Crippen molar-refractivity contribution in [2.75, 3.05) is 6.61 Å². The monoisotopic (exact) mass is 217 g/mol. The van der Waals surface area contributed by atoms with Gasteiger partial charge in [-0.3, -0.25) is 0 Å². The van der Waals surface area contributed by atoms with Crippen molar-refractivity contribution in [3.05, 3.63) is 35.9 Å². The minimum absolute atomic E-state index is 0.0690. The van der Waals surface area contributed by atoms with E-state index in [2.05, 4.69) is 17.0 Å². The highest BCUT2D eigenvalue weighted by molar-refractivity contribution is 6.34. The maximum Gasteiger partial charge on any atom is 0.353 e. The average Bonchev–Trinajstić information content (AvgIpc) is 2.29. The number of rotatable bonds is 3. The fourth-order valence-corrected chi connectivity index (χ4v) is 0.860. The van der Waals surface area contributed by atoms with Gasteiger partial charge in [-0.15, -0.1) is 0 Å². The molecule has 0 aliphatic heterocycles. The molecule has 0 heterocycles. The molecule has 1 aromatic rings. The fourth-order valence-electron chi connectivity index (χ4n) is 0.860. The van der Waals surface area contributed by atoms with Gasteiger partial charge in [0.1, 0.15) is 0 Å². The Labute approximate surface area is 93.5 Å². The normalized spacial score (nSPS) is 10.2. The molecule has 0 bridgehead atoms. The number of carbonyl (C=O) groups is 1. The maximum atomic E-state index is 10.3. The Morgan fingerprint density at radius 1 is 1.44 bits per heavy atom. The van der Waals surface area contributed by atoms with Crippen molar-refractivity contribution in [3.8, 4) is 11.8 Å². The van der Waals surface area contributed by atoms with Crippen LogP contribution >= 0.6 is 0 Å². The molecule has 16 heavy (non-hydrogen) atoms. The summed E-state index contributed by atoms with van der Waals surface area (Å²) < 4.78 is 0. The van der Waals surface area contributed by atoms with Gasteiger partial charge in [0.25, 0.3) is 0 Å². The molecule has 0 saturated heterocycles. The number of carboxylic acid groups (broad SMARTS) is 1. The summed E-state index contributed by atoms with van der Waals surface area (Å²) in [6.07, 6.45) is 0. The van der Waals surface area contributed by atoms with E-state index in [1.54, 1.807) is 0 Å². The van der Waals surface area contributed by atoms with E-state index in [4.69, 9.17) is 9.94 Å². The van der Waals surface area contributed by atoms with E-state index in [-0.39, 0.29) is 12.3 Å². The minimum Gasteiger partial charge on any atom is -0.477 e. The Kier molecular flexibility index (Phi) is 4.61. The van der Waals surface area contributed by atoms with Gasteiger partial charge in [-0.1, -0.05) is 35.2 Å². The van der Waals surface area contributed by atoms with Crippen LogP contribution in [-0.4, -0.2) is 23.4 Å². The molecule has 0 amide bonds. The lowest BCUT2D eigenvalue weighted by molar-refractivity contribution is -0.129. The van der Waals surface area contributed by atoms with Gasteiger partial charge in [-0.05, 0) is 19.1 Å². The summed E-state index contributed by atoms with van der Waals surface area (Å²) in [6, 6.07) is 9.43. The van der Waals surface area contributed by atoms with Crippen LogP contribution in [0.15, 0.2) is 35.5 Å². The Morgan fingerprint density at radius 2 is 2.12 bits per heavy atom. The summed E-state index contributed by atoms with van der Waals surface area (Å²) in [7, 11) is 0. The molecule has 0 aromatic heterocycles. The van der Waals surface area contributed by atoms with Gasteiger partial charge in [0.2, 0.25) is 0 Å². The lowest BCUT2D eigenvalue weighted by Gasteiger charge is -1.92. The van der Waals surface area contributed by atoms with Crippen molar-refractivity contribution in [2.45, 2.75) is 6.92 Å². The zero-order chi connectivity index (χ0) is 11.8. The minimum atomic E-state index is -1.10. The van der Waals surface area contributed by atoms with E-state index >= 15 is 0 Å². The summed E-state index contributed by atoms with van der Waals surface area (Å²) in [6.45, 7) is 1.42. The molecule has 0 spiro atoms. The third-order valence-corrected chi connectivity index (χ3v) is 1.65. The first kappa shape index (κ1) is 11.8. The summed E-state index contributed by atoms with van der Waals surface area (Å²) in [5.41, 5.74) is 0.784. The molecule has 1 rings (SSSR count). The molecule has 0 radical (unpaired) electrons. The first-order valence-electron chi connectivity index (χ1n) is 4.64. The van der Waals surface area contributed by atoms with Crippen LogP contribution < -0.4 is 0 Å². The third kappa shape index (κ3) is 4.29. The van der Waals surface area contributed by atoms with Crippen LogP contribution in [0.25, 0.3) is 0 Å². The van der Waals surface area contributed by atoms with E-state index in [9.17, 15) is 4.79 Å². The Bertz CT molecular complexity index is 440. The van der Waals surface area contributed by atoms with Crippen LogP contribution in [0.5, 0.6) is 0 Å². The van der Waals surface area contributed by atoms with E-state index in [0.717, 1.165) is 5.56 Å². The first-order valence-corrected chi connectivity index (χ1v) is 4.64. The number of hydrogen-bond acceptors (Lipinski definition) is 3. The molecule has 1 aromatic carbocycles. The van der Waals surface area contributed by atoms with Crippen LogP contribution in [0.1, 0.15) is 12.5 Å². The van der Waals surface area contributed by atoms with Crippen molar-refractivity contribution in [1.29, 1.82) is 0 Å². The van der Waals surface area contributed by atoms with Crippen LogP contribution in [0.2, 0.25) is 0 Å². The van der Waals surface area contributed by atoms with Gasteiger partial charge in [0, 0.05) is 5.56 Å². The van der Waals surface area contributed by atoms with Crippen molar-refractivity contribution in [3.63, 3.8) is 0 Å². The molecule has 0 saturated carbocycles. The summed E-state index contributed by atoms with van der Waals surface area (Å²) in [5, 5.41) is 11.8. The van der Waals surface area contributed by atoms with Crippen LogP contribution in [-0.2, 0) is 9.63 Å². The number of benzene rings is 1. The number of oxime groups is 1. The predicted octanol–water partition coefficient (Wildman–Crippen LogP) is 1.52. The zero-order valence-corrected chi connectivity index (χ0v) is 8.80. The molecule has 4 heteroatoms. The van der Waals surface area contributed by atoms with Gasteiger partial charge >= 0.3 is 5.97 Å². The van der Waals surface area contributed by atoms with E-state index in [1.807, 2.05) is 30.3 Å². The quantitative estimate of drug-likeness (QED) is 0.361. The van der Waals surface area contributed by atoms with Crippen molar-refractivity contribution in [2.24, 2.45) is 5.16 Å². The van der Waals surface area contributed by atoms with Crippen molar-refractivity contribution < 1.29 is 14.7 Å². The Hall–Kier alpha value is -2.28. The number of nitrogens with zero attached hydrogens (tertiary/aromatic N) is 1. The zero-order valence-electron chi connectivity index (χ0n) is 8.80. The summed E-state index contributed by atoms with van der Waals surface area (Å²) in [5.74, 6) is 4.48. The molecule has 82 valence electrons. The topological polar surface area (TPSA) is 58.9 Å².